The highest BCUT2D eigenvalue weighted by Crippen LogP contribution is 2.36. The van der Waals surface area contributed by atoms with Crippen LogP contribution in [0.5, 0.6) is 0 Å². The van der Waals surface area contributed by atoms with Crippen molar-refractivity contribution in [2.45, 2.75) is 64.5 Å². The van der Waals surface area contributed by atoms with Gasteiger partial charge < -0.3 is 10.2 Å². The minimum absolute atomic E-state index is 0.132. The number of carbonyl (C=O) groups is 1. The first kappa shape index (κ1) is 11.7. The smallest absolute Gasteiger partial charge is 0.317 e. The second kappa shape index (κ2) is 4.27. The Morgan fingerprint density at radius 3 is 2.25 bits per heavy atom. The van der Waals surface area contributed by atoms with Crippen LogP contribution in [0.25, 0.3) is 0 Å². The third kappa shape index (κ3) is 2.89. The number of carbonyl (C=O) groups excluding carboxylic acids is 1. The number of amides is 2. The highest BCUT2D eigenvalue weighted by Gasteiger charge is 2.32. The largest absolute Gasteiger partial charge is 0.335 e. The van der Waals surface area contributed by atoms with Gasteiger partial charge in [0, 0.05) is 19.1 Å². The fourth-order valence-electron chi connectivity index (χ4n) is 2.44. The van der Waals surface area contributed by atoms with Crippen molar-refractivity contribution in [1.29, 1.82) is 0 Å². The predicted molar refractivity (Wildman–Crippen MR) is 65.4 cm³/mol. The molecule has 2 amide bonds. The van der Waals surface area contributed by atoms with E-state index in [0.717, 1.165) is 25.7 Å². The Hall–Kier alpha value is -0.730. The van der Waals surface area contributed by atoms with E-state index in [1.54, 1.807) is 0 Å². The summed E-state index contributed by atoms with van der Waals surface area (Å²) in [7, 11) is 1.95. The van der Waals surface area contributed by atoms with Crippen molar-refractivity contribution in [3.05, 3.63) is 0 Å². The first-order chi connectivity index (χ1) is 7.48. The molecule has 0 heterocycles. The zero-order chi connectivity index (χ0) is 11.8. The first-order valence-corrected chi connectivity index (χ1v) is 6.51. The molecule has 2 aliphatic rings. The number of nitrogens with zero attached hydrogens (tertiary/aromatic N) is 1. The fourth-order valence-corrected chi connectivity index (χ4v) is 2.44. The molecule has 0 aromatic heterocycles. The minimum Gasteiger partial charge on any atom is -0.335 e. The zero-order valence-corrected chi connectivity index (χ0v) is 10.8. The maximum Gasteiger partial charge on any atom is 0.317 e. The third-order valence-corrected chi connectivity index (χ3v) is 4.08. The number of rotatable bonds is 2. The van der Waals surface area contributed by atoms with Gasteiger partial charge in [-0.15, -0.1) is 0 Å². The van der Waals surface area contributed by atoms with Gasteiger partial charge in [-0.2, -0.15) is 0 Å². The molecule has 0 unspecified atom stereocenters. The van der Waals surface area contributed by atoms with Crippen molar-refractivity contribution in [1.82, 2.24) is 10.2 Å². The summed E-state index contributed by atoms with van der Waals surface area (Å²) in [4.78, 5) is 13.8. The molecule has 0 atom stereocenters. The fraction of sp³-hybridized carbons (Fsp3) is 0.923. The van der Waals surface area contributed by atoms with Crippen LogP contribution in [0.4, 0.5) is 4.79 Å². The van der Waals surface area contributed by atoms with Gasteiger partial charge in [-0.05, 0) is 43.9 Å². The summed E-state index contributed by atoms with van der Waals surface area (Å²) in [6, 6.07) is 1.05. The van der Waals surface area contributed by atoms with Gasteiger partial charge in [0.25, 0.3) is 0 Å². The molecule has 3 heteroatoms. The molecule has 0 bridgehead atoms. The Kier molecular flexibility index (Phi) is 3.13. The molecule has 0 radical (unpaired) electrons. The van der Waals surface area contributed by atoms with E-state index in [1.165, 1.54) is 12.8 Å². The topological polar surface area (TPSA) is 32.3 Å². The Bertz CT molecular complexity index is 261. The molecule has 1 N–H and O–H groups in total. The molecule has 92 valence electrons. The molecule has 2 fully saturated rings. The van der Waals surface area contributed by atoms with E-state index < -0.39 is 0 Å². The van der Waals surface area contributed by atoms with Gasteiger partial charge in [-0.1, -0.05) is 13.8 Å². The molecule has 2 saturated carbocycles. The van der Waals surface area contributed by atoms with Crippen molar-refractivity contribution < 1.29 is 4.79 Å². The summed E-state index contributed by atoms with van der Waals surface area (Å²) in [5, 5.41) is 3.06. The number of hydrogen-bond donors (Lipinski definition) is 1. The predicted octanol–water partition coefficient (Wildman–Crippen LogP) is 2.76. The van der Waals surface area contributed by atoms with Gasteiger partial charge in [-0.3, -0.25) is 0 Å². The maximum absolute atomic E-state index is 11.9. The number of hydrogen-bond acceptors (Lipinski definition) is 1. The van der Waals surface area contributed by atoms with Crippen molar-refractivity contribution in [3.63, 3.8) is 0 Å². The van der Waals surface area contributed by atoms with E-state index >= 15 is 0 Å². The second-order valence-electron chi connectivity index (χ2n) is 6.23. The average Bonchev–Trinajstić information content (AvgIpc) is 3.00. The lowest BCUT2D eigenvalue weighted by Crippen LogP contribution is -2.46. The van der Waals surface area contributed by atoms with Gasteiger partial charge in [0.2, 0.25) is 0 Å². The molecule has 0 aromatic carbocycles. The van der Waals surface area contributed by atoms with Crippen LogP contribution < -0.4 is 5.32 Å². The van der Waals surface area contributed by atoms with Crippen LogP contribution in [-0.2, 0) is 0 Å². The summed E-state index contributed by atoms with van der Waals surface area (Å²) < 4.78 is 0. The molecular formula is C13H24N2O. The van der Waals surface area contributed by atoms with Crippen LogP contribution >= 0.6 is 0 Å². The van der Waals surface area contributed by atoms with E-state index in [9.17, 15) is 4.79 Å². The van der Waals surface area contributed by atoms with Gasteiger partial charge in [-0.25, -0.2) is 4.79 Å². The van der Waals surface area contributed by atoms with Crippen molar-refractivity contribution in [2.75, 3.05) is 7.05 Å². The van der Waals surface area contributed by atoms with Crippen LogP contribution in [0.1, 0.15) is 52.4 Å². The van der Waals surface area contributed by atoms with Crippen molar-refractivity contribution in [3.8, 4) is 0 Å². The molecule has 0 saturated heterocycles. The van der Waals surface area contributed by atoms with Crippen LogP contribution in [0, 0.1) is 5.41 Å². The Balaban J connectivity index is 1.80. The second-order valence-corrected chi connectivity index (χ2v) is 6.23. The summed E-state index contributed by atoms with van der Waals surface area (Å²) in [6.07, 6.45) is 7.11. The number of nitrogens with one attached hydrogen (secondary N) is 1. The summed E-state index contributed by atoms with van der Waals surface area (Å²) >= 11 is 0. The molecule has 2 rings (SSSR count). The molecule has 0 spiro atoms. The van der Waals surface area contributed by atoms with Crippen molar-refractivity contribution in [2.24, 2.45) is 5.41 Å². The van der Waals surface area contributed by atoms with Gasteiger partial charge in [0.15, 0.2) is 0 Å². The lowest BCUT2D eigenvalue weighted by Gasteiger charge is -2.38. The molecule has 16 heavy (non-hydrogen) atoms. The standard InChI is InChI=1S/C13H24N2O/c1-13(2)8-6-11(7-9-13)15(3)12(16)14-10-4-5-10/h10-11H,4-9H2,1-3H3,(H,14,16). The molecular weight excluding hydrogens is 200 g/mol. The zero-order valence-electron chi connectivity index (χ0n) is 10.8. The number of urea groups is 1. The highest BCUT2D eigenvalue weighted by molar-refractivity contribution is 5.74. The first-order valence-electron chi connectivity index (χ1n) is 6.51. The SMILES string of the molecule is CN(C(=O)NC1CC1)C1CCC(C)(C)CC1. The molecule has 0 aliphatic heterocycles. The minimum atomic E-state index is 0.132. The lowest BCUT2D eigenvalue weighted by molar-refractivity contribution is 0.134. The Morgan fingerprint density at radius 2 is 1.75 bits per heavy atom. The van der Waals surface area contributed by atoms with E-state index in [2.05, 4.69) is 19.2 Å². The normalized spacial score (nSPS) is 25.2. The van der Waals surface area contributed by atoms with Crippen LogP contribution in [-0.4, -0.2) is 30.1 Å². The van der Waals surface area contributed by atoms with Gasteiger partial charge >= 0.3 is 6.03 Å². The highest BCUT2D eigenvalue weighted by atomic mass is 16.2. The van der Waals surface area contributed by atoms with Crippen molar-refractivity contribution >= 4 is 6.03 Å². The monoisotopic (exact) mass is 224 g/mol. The van der Waals surface area contributed by atoms with E-state index in [4.69, 9.17) is 0 Å². The maximum atomic E-state index is 11.9. The Morgan fingerprint density at radius 1 is 1.19 bits per heavy atom. The third-order valence-electron chi connectivity index (χ3n) is 4.08. The Labute approximate surface area is 98.6 Å². The lowest BCUT2D eigenvalue weighted by atomic mass is 9.75. The van der Waals surface area contributed by atoms with Gasteiger partial charge in [0.1, 0.15) is 0 Å². The van der Waals surface area contributed by atoms with E-state index in [1.807, 2.05) is 11.9 Å². The van der Waals surface area contributed by atoms with Gasteiger partial charge in [0.05, 0.1) is 0 Å². The molecule has 3 nitrogen and oxygen atoms in total. The van der Waals surface area contributed by atoms with Crippen LogP contribution in [0.15, 0.2) is 0 Å². The van der Waals surface area contributed by atoms with E-state index in [0.29, 0.717) is 17.5 Å². The summed E-state index contributed by atoms with van der Waals surface area (Å²) in [5.41, 5.74) is 0.476. The van der Waals surface area contributed by atoms with E-state index in [-0.39, 0.29) is 6.03 Å². The summed E-state index contributed by atoms with van der Waals surface area (Å²) in [6.45, 7) is 4.65. The van der Waals surface area contributed by atoms with Crippen LogP contribution in [0.3, 0.4) is 0 Å². The quantitative estimate of drug-likeness (QED) is 0.768. The summed E-state index contributed by atoms with van der Waals surface area (Å²) in [5.74, 6) is 0. The molecule has 0 aromatic rings. The van der Waals surface area contributed by atoms with Crippen LogP contribution in [0.2, 0.25) is 0 Å². The average molecular weight is 224 g/mol. The molecule has 2 aliphatic carbocycles.